The van der Waals surface area contributed by atoms with E-state index in [0.717, 1.165) is 38.7 Å². The number of non-ortho nitro benzene ring substituents is 1. The van der Waals surface area contributed by atoms with Gasteiger partial charge in [-0.05, 0) is 52.6 Å². The number of nitro groups is 1. The van der Waals surface area contributed by atoms with Gasteiger partial charge in [-0.3, -0.25) is 19.7 Å². The first-order valence-electron chi connectivity index (χ1n) is 12.3. The van der Waals surface area contributed by atoms with Crippen molar-refractivity contribution in [2.24, 2.45) is 23.7 Å². The Balaban J connectivity index is 1.46. The predicted molar refractivity (Wildman–Crippen MR) is 141 cm³/mol. The number of carbonyl (C=O) groups is 2. The summed E-state index contributed by atoms with van der Waals surface area (Å²) in [4.78, 5) is 39.3. The van der Waals surface area contributed by atoms with Gasteiger partial charge in [-0.1, -0.05) is 42.5 Å². The van der Waals surface area contributed by atoms with Gasteiger partial charge < -0.3 is 9.47 Å². The highest BCUT2D eigenvalue weighted by atomic mass is 16.6. The van der Waals surface area contributed by atoms with E-state index in [0.29, 0.717) is 0 Å². The van der Waals surface area contributed by atoms with Gasteiger partial charge in [-0.25, -0.2) is 4.90 Å². The molecule has 0 N–H and O–H groups in total. The zero-order valence-corrected chi connectivity index (χ0v) is 20.7. The van der Waals surface area contributed by atoms with E-state index in [9.17, 15) is 19.7 Å². The summed E-state index contributed by atoms with van der Waals surface area (Å²) in [6.45, 7) is 0. The van der Waals surface area contributed by atoms with E-state index in [4.69, 9.17) is 9.47 Å². The lowest BCUT2D eigenvalue weighted by atomic mass is 9.85. The molecule has 1 saturated heterocycles. The van der Waals surface area contributed by atoms with Crippen LogP contribution in [0.4, 0.5) is 11.4 Å². The predicted octanol–water partition coefficient (Wildman–Crippen LogP) is 5.04. The number of methoxy groups -OCH3 is 2. The number of imide groups is 1. The van der Waals surface area contributed by atoms with Gasteiger partial charge in [0.05, 0.1) is 36.7 Å². The van der Waals surface area contributed by atoms with E-state index in [1.165, 1.54) is 18.2 Å². The lowest BCUT2D eigenvalue weighted by Gasteiger charge is -2.21. The van der Waals surface area contributed by atoms with Gasteiger partial charge >= 0.3 is 0 Å². The molecule has 1 heterocycles. The molecule has 4 atom stereocenters. The number of fused-ring (bicyclic) bond motifs is 5. The van der Waals surface area contributed by atoms with Crippen LogP contribution in [-0.4, -0.2) is 31.0 Å². The average molecular weight is 509 g/mol. The number of ether oxygens (including phenoxy) is 2. The van der Waals surface area contributed by atoms with Gasteiger partial charge in [0.15, 0.2) is 0 Å². The molecule has 1 saturated carbocycles. The second-order valence-electron chi connectivity index (χ2n) is 9.56. The van der Waals surface area contributed by atoms with E-state index in [2.05, 4.69) is 0 Å². The minimum atomic E-state index is -0.557. The Morgan fingerprint density at radius 3 is 1.74 bits per heavy atom. The molecule has 0 radical (unpaired) electrons. The molecule has 0 spiro atoms. The molecular weight excluding hydrogens is 484 g/mol. The van der Waals surface area contributed by atoms with E-state index >= 15 is 0 Å². The molecular formula is C30H24N2O6. The van der Waals surface area contributed by atoms with Crippen LogP contribution in [0.3, 0.4) is 0 Å². The molecule has 2 bridgehead atoms. The number of amides is 2. The van der Waals surface area contributed by atoms with Crippen LogP contribution >= 0.6 is 0 Å². The zero-order valence-electron chi connectivity index (χ0n) is 20.7. The molecule has 1 aliphatic heterocycles. The number of rotatable bonds is 6. The number of hydrogen-bond donors (Lipinski definition) is 0. The molecule has 3 aromatic carbocycles. The number of hydrogen-bond acceptors (Lipinski definition) is 6. The van der Waals surface area contributed by atoms with Crippen LogP contribution in [0.15, 0.2) is 90.5 Å². The van der Waals surface area contributed by atoms with Crippen LogP contribution in [-0.2, 0) is 9.59 Å². The van der Waals surface area contributed by atoms with Gasteiger partial charge in [0.25, 0.3) is 5.69 Å². The third-order valence-corrected chi connectivity index (χ3v) is 7.76. The zero-order chi connectivity index (χ0) is 26.6. The maximum Gasteiger partial charge on any atom is 0.271 e. The van der Waals surface area contributed by atoms with Crippen LogP contribution in [0.25, 0.3) is 5.57 Å². The maximum absolute atomic E-state index is 13.7. The Hall–Kier alpha value is -4.72. The van der Waals surface area contributed by atoms with Gasteiger partial charge in [0.1, 0.15) is 11.5 Å². The quantitative estimate of drug-likeness (QED) is 0.200. The van der Waals surface area contributed by atoms with Crippen molar-refractivity contribution in [3.8, 4) is 11.5 Å². The molecule has 190 valence electrons. The van der Waals surface area contributed by atoms with E-state index in [-0.39, 0.29) is 35.0 Å². The summed E-state index contributed by atoms with van der Waals surface area (Å²) in [5.74, 6) is -0.812. The van der Waals surface area contributed by atoms with Crippen molar-refractivity contribution in [3.63, 3.8) is 0 Å². The van der Waals surface area contributed by atoms with Gasteiger partial charge in [-0.15, -0.1) is 0 Å². The minimum absolute atomic E-state index is 0.164. The van der Waals surface area contributed by atoms with Crippen molar-refractivity contribution in [1.82, 2.24) is 0 Å². The topological polar surface area (TPSA) is 99.0 Å². The molecule has 3 aromatic rings. The molecule has 38 heavy (non-hydrogen) atoms. The van der Waals surface area contributed by atoms with E-state index < -0.39 is 16.8 Å². The van der Waals surface area contributed by atoms with Crippen molar-refractivity contribution in [2.45, 2.75) is 0 Å². The lowest BCUT2D eigenvalue weighted by molar-refractivity contribution is -0.384. The summed E-state index contributed by atoms with van der Waals surface area (Å²) in [5, 5.41) is 11.3. The number of benzene rings is 3. The highest BCUT2D eigenvalue weighted by molar-refractivity contribution is 6.23. The smallest absolute Gasteiger partial charge is 0.271 e. The van der Waals surface area contributed by atoms with Crippen molar-refractivity contribution in [1.29, 1.82) is 0 Å². The fourth-order valence-electron chi connectivity index (χ4n) is 6.11. The minimum Gasteiger partial charge on any atom is -0.497 e. The maximum atomic E-state index is 13.7. The highest BCUT2D eigenvalue weighted by Crippen LogP contribution is 2.59. The fourth-order valence-corrected chi connectivity index (χ4v) is 6.11. The summed E-state index contributed by atoms with van der Waals surface area (Å²) >= 11 is 0. The monoisotopic (exact) mass is 508 g/mol. The van der Waals surface area contributed by atoms with Crippen molar-refractivity contribution < 1.29 is 24.0 Å². The standard InChI is InChI=1S/C30H24N2O6/c1-37-21-10-6-17(7-11-21)25(18-8-12-22(38-2)13-9-18)26-23-14-15-24(26)28-27(23)29(33)31(30(28)34)19-4-3-5-20(16-19)32(35)36/h3-16,23-24,27-28H,1-2H3/t23-,24-,27-,28+/m1/s1. The molecule has 0 unspecified atom stereocenters. The first-order valence-corrected chi connectivity index (χ1v) is 12.3. The first-order chi connectivity index (χ1) is 18.4. The van der Waals surface area contributed by atoms with Crippen LogP contribution in [0.2, 0.25) is 0 Å². The Morgan fingerprint density at radius 1 is 0.789 bits per heavy atom. The van der Waals surface area contributed by atoms with Gasteiger partial charge in [0.2, 0.25) is 11.8 Å². The van der Waals surface area contributed by atoms with Crippen molar-refractivity contribution in [3.05, 3.63) is 112 Å². The Labute approximate surface area is 218 Å². The number of nitro benzene ring substituents is 1. The van der Waals surface area contributed by atoms with Crippen LogP contribution in [0.5, 0.6) is 11.5 Å². The summed E-state index contributed by atoms with van der Waals surface area (Å²) < 4.78 is 10.7. The first kappa shape index (κ1) is 23.7. The summed E-state index contributed by atoms with van der Waals surface area (Å²) in [7, 11) is 3.23. The lowest BCUT2D eigenvalue weighted by Crippen LogP contribution is -2.33. The summed E-state index contributed by atoms with van der Waals surface area (Å²) in [6, 6.07) is 21.2. The molecule has 2 fully saturated rings. The van der Waals surface area contributed by atoms with Crippen LogP contribution in [0.1, 0.15) is 11.1 Å². The van der Waals surface area contributed by atoms with Crippen molar-refractivity contribution in [2.75, 3.05) is 19.1 Å². The second kappa shape index (κ2) is 8.99. The number of allylic oxidation sites excluding steroid dienone is 3. The fraction of sp³-hybridized carbons (Fsp3) is 0.200. The largest absolute Gasteiger partial charge is 0.497 e. The third-order valence-electron chi connectivity index (χ3n) is 7.76. The molecule has 2 aliphatic carbocycles. The molecule has 8 heteroatoms. The van der Waals surface area contributed by atoms with Crippen LogP contribution < -0.4 is 14.4 Å². The normalized spacial score (nSPS) is 23.1. The van der Waals surface area contributed by atoms with E-state index in [1.54, 1.807) is 20.3 Å². The molecule has 8 nitrogen and oxygen atoms in total. The molecule has 0 aromatic heterocycles. The average Bonchev–Trinajstić information content (AvgIpc) is 3.58. The second-order valence-corrected chi connectivity index (χ2v) is 9.56. The molecule has 2 amide bonds. The highest BCUT2D eigenvalue weighted by Gasteiger charge is 2.62. The summed E-state index contributed by atoms with van der Waals surface area (Å²) in [5.41, 5.74) is 4.00. The Bertz CT molecular complexity index is 1440. The van der Waals surface area contributed by atoms with Crippen molar-refractivity contribution >= 4 is 28.8 Å². The molecule has 3 aliphatic rings. The molecule has 6 rings (SSSR count). The van der Waals surface area contributed by atoms with Crippen LogP contribution in [0, 0.1) is 33.8 Å². The number of carbonyl (C=O) groups excluding carboxylic acids is 2. The third kappa shape index (κ3) is 3.52. The Morgan fingerprint density at radius 2 is 1.29 bits per heavy atom. The van der Waals surface area contributed by atoms with E-state index in [1.807, 2.05) is 60.7 Å². The number of anilines is 1. The number of nitrogens with zero attached hydrogens (tertiary/aromatic N) is 2. The Kier molecular flexibility index (Phi) is 5.60. The van der Waals surface area contributed by atoms with Gasteiger partial charge in [-0.2, -0.15) is 0 Å². The van der Waals surface area contributed by atoms with Gasteiger partial charge in [0, 0.05) is 24.0 Å². The SMILES string of the molecule is COc1ccc(C(=C2[C@H]3C=C[C@H]2[C@H]2C(=O)N(c4cccc([N+](=O)[O-])c4)C(=O)[C@H]23)c2ccc(OC)cc2)cc1. The summed E-state index contributed by atoms with van der Waals surface area (Å²) in [6.07, 6.45) is 4.05.